The van der Waals surface area contributed by atoms with Gasteiger partial charge in [0.25, 0.3) is 0 Å². The number of carbonyl (C=O) groups is 1. The maximum Gasteiger partial charge on any atom is 0.306 e. The number of rotatable bonds is 6. The minimum absolute atomic E-state index is 0.210. The van der Waals surface area contributed by atoms with Crippen LogP contribution >= 0.6 is 39.7 Å². The molecule has 1 aliphatic rings. The maximum atomic E-state index is 11.2. The quantitative estimate of drug-likeness (QED) is 0.468. The zero-order valence-corrected chi connectivity index (χ0v) is 19.1. The highest BCUT2D eigenvalue weighted by molar-refractivity contribution is 9.10. The Bertz CT molecular complexity index is 871. The molecule has 0 aliphatic heterocycles. The lowest BCUT2D eigenvalue weighted by Gasteiger charge is -2.33. The lowest BCUT2D eigenvalue weighted by atomic mass is 9.82. The normalized spacial score (nSPS) is 18.8. The van der Waals surface area contributed by atoms with Gasteiger partial charge in [0.1, 0.15) is 0 Å². The number of thiocarbonyl (C=S) groups is 1. The van der Waals surface area contributed by atoms with Crippen molar-refractivity contribution in [2.24, 2.45) is 11.8 Å². The minimum Gasteiger partial charge on any atom is -0.481 e. The molecule has 29 heavy (non-hydrogen) atoms. The number of hydrogen-bond acceptors (Lipinski definition) is 2. The van der Waals surface area contributed by atoms with Crippen LogP contribution in [0.1, 0.15) is 31.2 Å². The summed E-state index contributed by atoms with van der Waals surface area (Å²) in [5.41, 5.74) is 1.94. The van der Waals surface area contributed by atoms with E-state index in [0.29, 0.717) is 22.6 Å². The van der Waals surface area contributed by atoms with Crippen molar-refractivity contribution in [1.82, 2.24) is 4.90 Å². The maximum absolute atomic E-state index is 11.2. The van der Waals surface area contributed by atoms with Crippen LogP contribution in [0.5, 0.6) is 0 Å². The summed E-state index contributed by atoms with van der Waals surface area (Å²) in [6.45, 7) is 1.46. The van der Waals surface area contributed by atoms with Crippen molar-refractivity contribution in [2.45, 2.75) is 32.2 Å². The molecule has 1 fully saturated rings. The highest BCUT2D eigenvalue weighted by Gasteiger charge is 2.27. The molecule has 0 amide bonds. The molecule has 0 radical (unpaired) electrons. The second-order valence-corrected chi connectivity index (χ2v) is 9.19. The number of halogens is 2. The van der Waals surface area contributed by atoms with Crippen molar-refractivity contribution < 1.29 is 9.90 Å². The van der Waals surface area contributed by atoms with Crippen LogP contribution in [-0.2, 0) is 11.3 Å². The van der Waals surface area contributed by atoms with Gasteiger partial charge in [0, 0.05) is 17.6 Å². The van der Waals surface area contributed by atoms with Gasteiger partial charge in [-0.25, -0.2) is 0 Å². The number of para-hydroxylation sites is 1. The SMILES string of the molecule is O=C(O)C1CCC(CN(Cc2cccc(Br)c2)C(=S)Nc2ccccc2Cl)CC1. The molecule has 3 rings (SSSR count). The van der Waals surface area contributed by atoms with Gasteiger partial charge in [-0.05, 0) is 73.6 Å². The van der Waals surface area contributed by atoms with Crippen LogP contribution in [0.15, 0.2) is 53.0 Å². The van der Waals surface area contributed by atoms with E-state index in [1.165, 1.54) is 0 Å². The summed E-state index contributed by atoms with van der Waals surface area (Å²) in [6, 6.07) is 15.7. The number of carboxylic acids is 1. The zero-order chi connectivity index (χ0) is 20.8. The molecule has 4 nitrogen and oxygen atoms in total. The molecule has 154 valence electrons. The van der Waals surface area contributed by atoms with Gasteiger partial charge >= 0.3 is 5.97 Å². The van der Waals surface area contributed by atoms with Crippen LogP contribution in [-0.4, -0.2) is 27.6 Å². The fourth-order valence-corrected chi connectivity index (χ4v) is 4.61. The Balaban J connectivity index is 1.71. The summed E-state index contributed by atoms with van der Waals surface area (Å²) >= 11 is 15.6. The van der Waals surface area contributed by atoms with E-state index in [2.05, 4.69) is 38.3 Å². The van der Waals surface area contributed by atoms with Crippen molar-refractivity contribution in [1.29, 1.82) is 0 Å². The molecular formula is C22H24BrClN2O2S. The summed E-state index contributed by atoms with van der Waals surface area (Å²) in [4.78, 5) is 13.4. The minimum atomic E-state index is -0.676. The number of nitrogens with zero attached hydrogens (tertiary/aromatic N) is 1. The van der Waals surface area contributed by atoms with Crippen LogP contribution in [0.4, 0.5) is 5.69 Å². The van der Waals surface area contributed by atoms with Crippen molar-refractivity contribution in [3.63, 3.8) is 0 Å². The van der Waals surface area contributed by atoms with E-state index in [4.69, 9.17) is 23.8 Å². The van der Waals surface area contributed by atoms with Crippen LogP contribution in [0, 0.1) is 11.8 Å². The highest BCUT2D eigenvalue weighted by atomic mass is 79.9. The summed E-state index contributed by atoms with van der Waals surface area (Å²) in [6.07, 6.45) is 3.27. The smallest absolute Gasteiger partial charge is 0.306 e. The summed E-state index contributed by atoms with van der Waals surface area (Å²) in [5, 5.41) is 13.8. The summed E-state index contributed by atoms with van der Waals surface area (Å²) in [5.74, 6) is -0.466. The van der Waals surface area contributed by atoms with E-state index < -0.39 is 5.97 Å². The van der Waals surface area contributed by atoms with E-state index in [1.807, 2.05) is 36.4 Å². The second-order valence-electron chi connectivity index (χ2n) is 7.48. The van der Waals surface area contributed by atoms with Crippen molar-refractivity contribution >= 4 is 56.5 Å². The first-order chi connectivity index (χ1) is 13.9. The standard InChI is InChI=1S/C22H24BrClN2O2S/c23-18-5-3-4-16(12-18)14-26(13-15-8-10-17(11-9-15)21(27)28)22(29)25-20-7-2-1-6-19(20)24/h1-7,12,15,17H,8-11,13-14H2,(H,25,29)(H,27,28). The van der Waals surface area contributed by atoms with Gasteiger partial charge in [-0.2, -0.15) is 0 Å². The van der Waals surface area contributed by atoms with E-state index in [1.54, 1.807) is 0 Å². The Morgan fingerprint density at radius 1 is 1.17 bits per heavy atom. The predicted octanol–water partition coefficient (Wildman–Crippen LogP) is 6.19. The molecule has 1 aliphatic carbocycles. The molecule has 7 heteroatoms. The number of nitrogens with one attached hydrogen (secondary N) is 1. The average Bonchev–Trinajstić information content (AvgIpc) is 2.69. The van der Waals surface area contributed by atoms with E-state index >= 15 is 0 Å². The zero-order valence-electron chi connectivity index (χ0n) is 16.0. The van der Waals surface area contributed by atoms with Crippen LogP contribution < -0.4 is 5.32 Å². The lowest BCUT2D eigenvalue weighted by molar-refractivity contribution is -0.143. The Hall–Kier alpha value is -1.63. The molecule has 2 aromatic rings. The Morgan fingerprint density at radius 2 is 1.90 bits per heavy atom. The van der Waals surface area contributed by atoms with Gasteiger partial charge in [0.05, 0.1) is 16.6 Å². The van der Waals surface area contributed by atoms with Gasteiger partial charge in [-0.1, -0.05) is 51.8 Å². The first kappa shape index (κ1) is 22.1. The molecule has 0 bridgehead atoms. The fraction of sp³-hybridized carbons (Fsp3) is 0.364. The number of anilines is 1. The first-order valence-electron chi connectivity index (χ1n) is 9.70. The lowest BCUT2D eigenvalue weighted by Crippen LogP contribution is -2.39. The molecule has 0 saturated heterocycles. The highest BCUT2D eigenvalue weighted by Crippen LogP contribution is 2.30. The third-order valence-electron chi connectivity index (χ3n) is 5.34. The van der Waals surface area contributed by atoms with E-state index in [0.717, 1.165) is 48.0 Å². The average molecular weight is 496 g/mol. The number of benzene rings is 2. The van der Waals surface area contributed by atoms with Crippen LogP contribution in [0.3, 0.4) is 0 Å². The van der Waals surface area contributed by atoms with E-state index in [9.17, 15) is 9.90 Å². The largest absolute Gasteiger partial charge is 0.481 e. The third-order valence-corrected chi connectivity index (χ3v) is 6.52. The number of aliphatic carboxylic acids is 1. The monoisotopic (exact) mass is 494 g/mol. The van der Waals surface area contributed by atoms with Gasteiger partial charge in [-0.15, -0.1) is 0 Å². The van der Waals surface area contributed by atoms with Crippen molar-refractivity contribution in [3.8, 4) is 0 Å². The number of hydrogen-bond donors (Lipinski definition) is 2. The Kier molecular flexibility index (Phi) is 7.92. The molecule has 0 atom stereocenters. The summed E-state index contributed by atoms with van der Waals surface area (Å²) in [7, 11) is 0. The van der Waals surface area contributed by atoms with Gasteiger partial charge in [0.2, 0.25) is 0 Å². The molecule has 2 N–H and O–H groups in total. The molecule has 0 spiro atoms. The van der Waals surface area contributed by atoms with Crippen molar-refractivity contribution in [2.75, 3.05) is 11.9 Å². The first-order valence-corrected chi connectivity index (χ1v) is 11.3. The third kappa shape index (κ3) is 6.43. The second kappa shape index (κ2) is 10.4. The molecule has 1 saturated carbocycles. The molecular weight excluding hydrogens is 472 g/mol. The van der Waals surface area contributed by atoms with Gasteiger partial charge in [0.15, 0.2) is 5.11 Å². The van der Waals surface area contributed by atoms with Crippen LogP contribution in [0.2, 0.25) is 5.02 Å². The van der Waals surface area contributed by atoms with Gasteiger partial charge < -0.3 is 15.3 Å². The van der Waals surface area contributed by atoms with Gasteiger partial charge in [-0.3, -0.25) is 4.79 Å². The van der Waals surface area contributed by atoms with Crippen molar-refractivity contribution in [3.05, 3.63) is 63.6 Å². The molecule has 0 unspecified atom stereocenters. The summed E-state index contributed by atoms with van der Waals surface area (Å²) < 4.78 is 1.03. The van der Waals surface area contributed by atoms with E-state index in [-0.39, 0.29) is 5.92 Å². The topological polar surface area (TPSA) is 52.6 Å². The Morgan fingerprint density at radius 3 is 2.55 bits per heavy atom. The Labute approximate surface area is 190 Å². The molecule has 0 heterocycles. The van der Waals surface area contributed by atoms with Crippen LogP contribution in [0.25, 0.3) is 0 Å². The number of carboxylic acid groups (broad SMARTS) is 1. The molecule has 0 aromatic heterocycles. The molecule has 2 aromatic carbocycles. The predicted molar refractivity (Wildman–Crippen MR) is 125 cm³/mol. The fourth-order valence-electron chi connectivity index (χ4n) is 3.74.